The number of hydrogen-bond donors (Lipinski definition) is 1. The molecule has 180 valence electrons. The Balaban J connectivity index is 1.41. The number of aromatic nitrogens is 2. The number of nitrogens with zero attached hydrogens (tertiary/aromatic N) is 3. The first-order valence-corrected chi connectivity index (χ1v) is 12.8. The Morgan fingerprint density at radius 2 is 1.71 bits per heavy atom. The number of aryl methyl sites for hydroxylation is 1. The van der Waals surface area contributed by atoms with Crippen molar-refractivity contribution in [1.29, 1.82) is 0 Å². The van der Waals surface area contributed by atoms with Crippen molar-refractivity contribution in [3.05, 3.63) is 60.0 Å². The lowest BCUT2D eigenvalue weighted by molar-refractivity contribution is -0.120. The summed E-state index contributed by atoms with van der Waals surface area (Å²) >= 11 is 0. The van der Waals surface area contributed by atoms with Crippen molar-refractivity contribution >= 4 is 21.6 Å². The van der Waals surface area contributed by atoms with Crippen molar-refractivity contribution < 1.29 is 17.7 Å². The summed E-state index contributed by atoms with van der Waals surface area (Å²) in [5, 5.41) is 6.91. The fourth-order valence-corrected chi connectivity index (χ4v) is 5.53. The Morgan fingerprint density at radius 3 is 2.29 bits per heavy atom. The minimum absolute atomic E-state index is 0.0464. The zero-order valence-corrected chi connectivity index (χ0v) is 20.7. The third kappa shape index (κ3) is 5.05. The summed E-state index contributed by atoms with van der Waals surface area (Å²) in [7, 11) is -3.60. The smallest absolute Gasteiger partial charge is 0.243 e. The van der Waals surface area contributed by atoms with E-state index in [1.807, 2.05) is 30.3 Å². The number of rotatable bonds is 5. The lowest BCUT2D eigenvalue weighted by Crippen LogP contribution is -2.41. The maximum atomic E-state index is 13.1. The van der Waals surface area contributed by atoms with Crippen molar-refractivity contribution in [2.75, 3.05) is 18.4 Å². The van der Waals surface area contributed by atoms with Crippen molar-refractivity contribution in [2.24, 2.45) is 5.92 Å². The standard InChI is InChI=1S/C25H30N4O4S/c1-17-26-23(28-33-17)21-7-5-6-8-22(21)27-24(30)18-13-15-29(16-14-18)34(31,32)20-11-9-19(10-12-20)25(2,3)4/h5-12,18H,13-16H2,1-4H3,(H,27,30). The molecule has 0 spiro atoms. The molecule has 9 heteroatoms. The van der Waals surface area contributed by atoms with Gasteiger partial charge in [0.25, 0.3) is 0 Å². The van der Waals surface area contributed by atoms with E-state index < -0.39 is 10.0 Å². The predicted molar refractivity (Wildman–Crippen MR) is 130 cm³/mol. The number of carbonyl (C=O) groups excluding carboxylic acids is 1. The number of carbonyl (C=O) groups is 1. The summed E-state index contributed by atoms with van der Waals surface area (Å²) in [6.45, 7) is 8.58. The van der Waals surface area contributed by atoms with E-state index in [2.05, 4.69) is 36.2 Å². The minimum atomic E-state index is -3.60. The normalized spacial score (nSPS) is 15.9. The molecule has 8 nitrogen and oxygen atoms in total. The van der Waals surface area contributed by atoms with Crippen LogP contribution in [0.5, 0.6) is 0 Å². The van der Waals surface area contributed by atoms with Crippen molar-refractivity contribution in [2.45, 2.75) is 50.8 Å². The molecular weight excluding hydrogens is 452 g/mol. The molecule has 0 bridgehead atoms. The lowest BCUT2D eigenvalue weighted by atomic mass is 9.87. The summed E-state index contributed by atoms with van der Waals surface area (Å²) in [6, 6.07) is 14.4. The number of benzene rings is 2. The van der Waals surface area contributed by atoms with Crippen molar-refractivity contribution in [3.63, 3.8) is 0 Å². The first kappa shape index (κ1) is 24.1. The summed E-state index contributed by atoms with van der Waals surface area (Å²) in [6.07, 6.45) is 0.906. The minimum Gasteiger partial charge on any atom is -0.339 e. The van der Waals surface area contributed by atoms with Crippen LogP contribution < -0.4 is 5.32 Å². The second-order valence-electron chi connectivity index (χ2n) is 9.62. The molecule has 34 heavy (non-hydrogen) atoms. The highest BCUT2D eigenvalue weighted by atomic mass is 32.2. The third-order valence-corrected chi connectivity index (χ3v) is 8.05. The molecular formula is C25H30N4O4S. The molecule has 0 saturated carbocycles. The number of amides is 1. The van der Waals surface area contributed by atoms with E-state index in [9.17, 15) is 13.2 Å². The van der Waals surface area contributed by atoms with Gasteiger partial charge >= 0.3 is 0 Å². The fraction of sp³-hybridized carbons (Fsp3) is 0.400. The van der Waals surface area contributed by atoms with E-state index in [0.29, 0.717) is 48.9 Å². The van der Waals surface area contributed by atoms with Gasteiger partial charge in [-0.05, 0) is 48.1 Å². The highest BCUT2D eigenvalue weighted by molar-refractivity contribution is 7.89. The molecule has 1 saturated heterocycles. The highest BCUT2D eigenvalue weighted by Gasteiger charge is 2.32. The van der Waals surface area contributed by atoms with Gasteiger partial charge in [0.1, 0.15) is 0 Å². The molecule has 0 unspecified atom stereocenters. The largest absolute Gasteiger partial charge is 0.339 e. The van der Waals surface area contributed by atoms with Crippen LogP contribution in [0.3, 0.4) is 0 Å². The number of piperidine rings is 1. The zero-order chi connectivity index (χ0) is 24.5. The van der Waals surface area contributed by atoms with Gasteiger partial charge in [0.15, 0.2) is 0 Å². The van der Waals surface area contributed by atoms with E-state index in [4.69, 9.17) is 4.52 Å². The van der Waals surface area contributed by atoms with Crippen molar-refractivity contribution in [1.82, 2.24) is 14.4 Å². The van der Waals surface area contributed by atoms with Gasteiger partial charge in [-0.3, -0.25) is 4.79 Å². The Labute approximate surface area is 200 Å². The van der Waals surface area contributed by atoms with Gasteiger partial charge in [0.05, 0.1) is 10.6 Å². The van der Waals surface area contributed by atoms with Crippen LogP contribution in [0.25, 0.3) is 11.4 Å². The van der Waals surface area contributed by atoms with Crippen LogP contribution in [0.4, 0.5) is 5.69 Å². The van der Waals surface area contributed by atoms with E-state index in [1.54, 1.807) is 25.1 Å². The van der Waals surface area contributed by atoms with Gasteiger partial charge in [-0.1, -0.05) is 50.2 Å². The highest BCUT2D eigenvalue weighted by Crippen LogP contribution is 2.29. The molecule has 2 aromatic carbocycles. The molecule has 1 fully saturated rings. The molecule has 1 aliphatic rings. The Bertz CT molecular complexity index is 1270. The van der Waals surface area contributed by atoms with Gasteiger partial charge in [-0.25, -0.2) is 8.42 Å². The second-order valence-corrected chi connectivity index (χ2v) is 11.6. The van der Waals surface area contributed by atoms with Gasteiger partial charge in [-0.15, -0.1) is 0 Å². The van der Waals surface area contributed by atoms with E-state index in [0.717, 1.165) is 5.56 Å². The molecule has 2 heterocycles. The summed E-state index contributed by atoms with van der Waals surface area (Å²) in [4.78, 5) is 17.5. The summed E-state index contributed by atoms with van der Waals surface area (Å²) in [5.74, 6) is 0.429. The number of para-hydroxylation sites is 1. The van der Waals surface area contributed by atoms with Crippen LogP contribution in [0.15, 0.2) is 57.9 Å². The Morgan fingerprint density at radius 1 is 1.06 bits per heavy atom. The van der Waals surface area contributed by atoms with Gasteiger partial charge in [0.2, 0.25) is 27.6 Å². The van der Waals surface area contributed by atoms with Gasteiger partial charge in [-0.2, -0.15) is 9.29 Å². The third-order valence-electron chi connectivity index (χ3n) is 6.14. The van der Waals surface area contributed by atoms with E-state index in [1.165, 1.54) is 4.31 Å². The predicted octanol–water partition coefficient (Wildman–Crippen LogP) is 4.38. The Hall–Kier alpha value is -3.04. The molecule has 3 aromatic rings. The molecule has 4 rings (SSSR count). The topological polar surface area (TPSA) is 105 Å². The number of nitrogens with one attached hydrogen (secondary N) is 1. The molecule has 0 atom stereocenters. The first-order chi connectivity index (χ1) is 16.1. The molecule has 1 aliphatic heterocycles. The van der Waals surface area contributed by atoms with Crippen LogP contribution in [0, 0.1) is 12.8 Å². The number of anilines is 1. The number of hydrogen-bond acceptors (Lipinski definition) is 6. The van der Waals surface area contributed by atoms with E-state index >= 15 is 0 Å². The van der Waals surface area contributed by atoms with Crippen LogP contribution >= 0.6 is 0 Å². The quantitative estimate of drug-likeness (QED) is 0.578. The van der Waals surface area contributed by atoms with Crippen LogP contribution in [-0.2, 0) is 20.2 Å². The molecule has 0 radical (unpaired) electrons. The van der Waals surface area contributed by atoms with Crippen LogP contribution in [-0.4, -0.2) is 41.9 Å². The Kier molecular flexibility index (Phi) is 6.60. The maximum absolute atomic E-state index is 13.1. The maximum Gasteiger partial charge on any atom is 0.243 e. The van der Waals surface area contributed by atoms with Gasteiger partial charge < -0.3 is 9.84 Å². The average Bonchev–Trinajstić information content (AvgIpc) is 3.25. The van der Waals surface area contributed by atoms with Gasteiger partial charge in [0, 0.05) is 31.5 Å². The SMILES string of the molecule is Cc1nc(-c2ccccc2NC(=O)C2CCN(S(=O)(=O)c3ccc(C(C)(C)C)cc3)CC2)no1. The molecule has 1 N–H and O–H groups in total. The lowest BCUT2D eigenvalue weighted by Gasteiger charge is -2.30. The molecule has 0 aliphatic carbocycles. The second kappa shape index (κ2) is 9.31. The van der Waals surface area contributed by atoms with Crippen molar-refractivity contribution in [3.8, 4) is 11.4 Å². The van der Waals surface area contributed by atoms with Crippen LogP contribution in [0.2, 0.25) is 0 Å². The number of sulfonamides is 1. The first-order valence-electron chi connectivity index (χ1n) is 11.4. The zero-order valence-electron chi connectivity index (χ0n) is 19.9. The summed E-state index contributed by atoms with van der Waals surface area (Å²) < 4.78 is 32.8. The molecule has 1 amide bonds. The monoisotopic (exact) mass is 482 g/mol. The summed E-state index contributed by atoms with van der Waals surface area (Å²) in [5.41, 5.74) is 2.31. The van der Waals surface area contributed by atoms with E-state index in [-0.39, 0.29) is 22.1 Å². The average molecular weight is 483 g/mol. The fourth-order valence-electron chi connectivity index (χ4n) is 4.06. The molecule has 1 aromatic heterocycles. The van der Waals surface area contributed by atoms with Crippen LogP contribution in [0.1, 0.15) is 45.1 Å².